The molecule has 0 aliphatic rings. The first-order valence-electron chi connectivity index (χ1n) is 5.23. The van der Waals surface area contributed by atoms with Crippen molar-refractivity contribution in [2.24, 2.45) is 0 Å². The highest BCUT2D eigenvalue weighted by molar-refractivity contribution is 5.78. The van der Waals surface area contributed by atoms with Crippen molar-refractivity contribution >= 4 is 16.9 Å². The Morgan fingerprint density at radius 1 is 1.53 bits per heavy atom. The van der Waals surface area contributed by atoms with Gasteiger partial charge in [0, 0.05) is 5.39 Å². The van der Waals surface area contributed by atoms with Gasteiger partial charge in [0.05, 0.1) is 24.5 Å². The lowest BCUT2D eigenvalue weighted by atomic mass is 10.2. The van der Waals surface area contributed by atoms with E-state index in [4.69, 9.17) is 4.74 Å². The fourth-order valence-corrected chi connectivity index (χ4v) is 1.33. The molecule has 0 atom stereocenters. The number of ether oxygens (including phenoxy) is 1. The summed E-state index contributed by atoms with van der Waals surface area (Å²) < 4.78 is 4.76. The van der Waals surface area contributed by atoms with Crippen LogP contribution in [0.25, 0.3) is 10.9 Å². The third-order valence-corrected chi connectivity index (χ3v) is 2.08. The first-order chi connectivity index (χ1) is 8.29. The van der Waals surface area contributed by atoms with Crippen molar-refractivity contribution in [2.45, 2.75) is 13.3 Å². The summed E-state index contributed by atoms with van der Waals surface area (Å²) in [4.78, 5) is 15.2. The van der Waals surface area contributed by atoms with Gasteiger partial charge in [0.25, 0.3) is 0 Å². The highest BCUT2D eigenvalue weighted by Crippen LogP contribution is 2.09. The average Bonchev–Trinajstić information content (AvgIpc) is 2.76. The lowest BCUT2D eigenvalue weighted by Gasteiger charge is -1.94. The van der Waals surface area contributed by atoms with Crippen LogP contribution in [0.2, 0.25) is 0 Å². The summed E-state index contributed by atoms with van der Waals surface area (Å²) in [6, 6.07) is 1.82. The quantitative estimate of drug-likeness (QED) is 0.622. The van der Waals surface area contributed by atoms with Crippen LogP contribution in [-0.4, -0.2) is 27.8 Å². The monoisotopic (exact) mass is 229 g/mol. The minimum Gasteiger partial charge on any atom is -0.465 e. The van der Waals surface area contributed by atoms with E-state index in [1.54, 1.807) is 19.3 Å². The molecule has 0 fully saturated rings. The number of aromatic amines is 1. The van der Waals surface area contributed by atoms with Crippen LogP contribution >= 0.6 is 0 Å². The molecule has 0 amide bonds. The number of rotatable bonds is 2. The van der Waals surface area contributed by atoms with Crippen LogP contribution in [0.3, 0.4) is 0 Å². The molecule has 2 aromatic heterocycles. The third kappa shape index (κ3) is 2.82. The number of H-pyrrole nitrogens is 1. The molecule has 86 valence electrons. The summed E-state index contributed by atoms with van der Waals surface area (Å²) in [6.45, 7) is 2.14. The van der Waals surface area contributed by atoms with Crippen molar-refractivity contribution in [3.05, 3.63) is 24.2 Å². The summed E-state index contributed by atoms with van der Waals surface area (Å²) in [5, 5.41) is 7.64. The smallest absolute Gasteiger partial charge is 0.317 e. The molecule has 1 N–H and O–H groups in total. The highest BCUT2D eigenvalue weighted by Gasteiger charge is 1.98. The van der Waals surface area contributed by atoms with Gasteiger partial charge in [-0.05, 0) is 18.9 Å². The molecule has 0 bridgehead atoms. The molecule has 0 spiro atoms. The molecule has 0 saturated heterocycles. The standard InChI is InChI=1S/C12H11N3O2/c1-2-17-12(16)5-3-4-10-6-9-7-14-15-11(9)8-13-10/h6-8H,2,5H2,1H3,(H,14,15). The molecule has 5 nitrogen and oxygen atoms in total. The zero-order valence-corrected chi connectivity index (χ0v) is 9.36. The first kappa shape index (κ1) is 11.1. The van der Waals surface area contributed by atoms with Crippen molar-refractivity contribution in [1.29, 1.82) is 0 Å². The Morgan fingerprint density at radius 3 is 3.24 bits per heavy atom. The van der Waals surface area contributed by atoms with Gasteiger partial charge in [0.2, 0.25) is 0 Å². The number of pyridine rings is 1. The van der Waals surface area contributed by atoms with E-state index in [0.29, 0.717) is 12.3 Å². The van der Waals surface area contributed by atoms with E-state index in [1.165, 1.54) is 0 Å². The number of nitrogens with one attached hydrogen (secondary N) is 1. The molecule has 0 unspecified atom stereocenters. The van der Waals surface area contributed by atoms with Crippen LogP contribution in [0.4, 0.5) is 0 Å². The SMILES string of the molecule is CCOC(=O)CC#Cc1cc2cn[nH]c2cn1. The van der Waals surface area contributed by atoms with E-state index in [9.17, 15) is 4.79 Å². The third-order valence-electron chi connectivity index (χ3n) is 2.08. The number of aromatic nitrogens is 3. The maximum atomic E-state index is 11.0. The van der Waals surface area contributed by atoms with E-state index in [-0.39, 0.29) is 12.4 Å². The van der Waals surface area contributed by atoms with Gasteiger partial charge in [-0.2, -0.15) is 5.10 Å². The van der Waals surface area contributed by atoms with Crippen LogP contribution in [-0.2, 0) is 9.53 Å². The molecule has 2 aromatic rings. The van der Waals surface area contributed by atoms with Crippen LogP contribution in [0.1, 0.15) is 19.0 Å². The van der Waals surface area contributed by atoms with Gasteiger partial charge < -0.3 is 4.74 Å². The fourth-order valence-electron chi connectivity index (χ4n) is 1.33. The maximum absolute atomic E-state index is 11.0. The number of esters is 1. The molecule has 2 rings (SSSR count). The molecule has 17 heavy (non-hydrogen) atoms. The lowest BCUT2D eigenvalue weighted by Crippen LogP contribution is -2.01. The average molecular weight is 229 g/mol. The summed E-state index contributed by atoms with van der Waals surface area (Å²) in [5.41, 5.74) is 1.48. The van der Waals surface area contributed by atoms with Crippen molar-refractivity contribution < 1.29 is 9.53 Å². The van der Waals surface area contributed by atoms with Gasteiger partial charge in [-0.1, -0.05) is 5.92 Å². The number of carbonyl (C=O) groups is 1. The number of hydrogen-bond donors (Lipinski definition) is 1. The highest BCUT2D eigenvalue weighted by atomic mass is 16.5. The minimum atomic E-state index is -0.315. The number of fused-ring (bicyclic) bond motifs is 1. The lowest BCUT2D eigenvalue weighted by molar-refractivity contribution is -0.141. The minimum absolute atomic E-state index is 0.0823. The molecule has 0 saturated carbocycles. The van der Waals surface area contributed by atoms with E-state index in [1.807, 2.05) is 6.07 Å². The molecular formula is C12H11N3O2. The van der Waals surface area contributed by atoms with E-state index >= 15 is 0 Å². The summed E-state index contributed by atoms with van der Waals surface area (Å²) >= 11 is 0. The Balaban J connectivity index is 2.07. The predicted octanol–water partition coefficient (Wildman–Crippen LogP) is 1.26. The van der Waals surface area contributed by atoms with Gasteiger partial charge in [-0.15, -0.1) is 0 Å². The second kappa shape index (κ2) is 5.12. The Labute approximate surface area is 98.2 Å². The Bertz CT molecular complexity index is 592. The Morgan fingerprint density at radius 2 is 2.41 bits per heavy atom. The predicted molar refractivity (Wildman–Crippen MR) is 62.0 cm³/mol. The molecule has 5 heteroatoms. The molecule has 0 aliphatic carbocycles. The van der Waals surface area contributed by atoms with Crippen LogP contribution in [0.5, 0.6) is 0 Å². The molecule has 2 heterocycles. The Kier molecular flexibility index (Phi) is 3.36. The van der Waals surface area contributed by atoms with E-state index in [0.717, 1.165) is 10.9 Å². The first-order valence-corrected chi connectivity index (χ1v) is 5.23. The van der Waals surface area contributed by atoms with Crippen molar-refractivity contribution in [2.75, 3.05) is 6.61 Å². The Hall–Kier alpha value is -2.35. The maximum Gasteiger partial charge on any atom is 0.317 e. The van der Waals surface area contributed by atoms with Crippen molar-refractivity contribution in [1.82, 2.24) is 15.2 Å². The second-order valence-corrected chi connectivity index (χ2v) is 3.31. The zero-order valence-electron chi connectivity index (χ0n) is 9.36. The van der Waals surface area contributed by atoms with Gasteiger partial charge in [-0.3, -0.25) is 9.89 Å². The van der Waals surface area contributed by atoms with Crippen LogP contribution in [0.15, 0.2) is 18.5 Å². The van der Waals surface area contributed by atoms with Gasteiger partial charge in [0.15, 0.2) is 0 Å². The van der Waals surface area contributed by atoms with Gasteiger partial charge in [0.1, 0.15) is 12.1 Å². The zero-order chi connectivity index (χ0) is 12.1. The fraction of sp³-hybridized carbons (Fsp3) is 0.250. The number of hydrogen-bond acceptors (Lipinski definition) is 4. The summed E-state index contributed by atoms with van der Waals surface area (Å²) in [5.74, 6) is 5.22. The van der Waals surface area contributed by atoms with Gasteiger partial charge >= 0.3 is 5.97 Å². The summed E-state index contributed by atoms with van der Waals surface area (Å²) in [7, 11) is 0. The number of nitrogens with zero attached hydrogens (tertiary/aromatic N) is 2. The molecule has 0 radical (unpaired) electrons. The van der Waals surface area contributed by atoms with Crippen LogP contribution < -0.4 is 0 Å². The molecule has 0 aromatic carbocycles. The number of carbonyl (C=O) groups excluding carboxylic acids is 1. The molecule has 0 aliphatic heterocycles. The largest absolute Gasteiger partial charge is 0.465 e. The van der Waals surface area contributed by atoms with Crippen molar-refractivity contribution in [3.8, 4) is 11.8 Å². The van der Waals surface area contributed by atoms with E-state index in [2.05, 4.69) is 27.0 Å². The van der Waals surface area contributed by atoms with Gasteiger partial charge in [-0.25, -0.2) is 4.98 Å². The van der Waals surface area contributed by atoms with Crippen molar-refractivity contribution in [3.63, 3.8) is 0 Å². The van der Waals surface area contributed by atoms with Crippen LogP contribution in [0, 0.1) is 11.8 Å². The van der Waals surface area contributed by atoms with E-state index < -0.39 is 0 Å². The summed E-state index contributed by atoms with van der Waals surface area (Å²) in [6.07, 6.45) is 3.45. The molecular weight excluding hydrogens is 218 g/mol. The topological polar surface area (TPSA) is 67.9 Å². The normalized spacial score (nSPS) is 9.71. The second-order valence-electron chi connectivity index (χ2n) is 3.31.